The van der Waals surface area contributed by atoms with E-state index in [-0.39, 0.29) is 0 Å². The highest BCUT2D eigenvalue weighted by Crippen LogP contribution is 2.21. The summed E-state index contributed by atoms with van der Waals surface area (Å²) in [6, 6.07) is 6.42. The molecule has 100 valence electrons. The lowest BCUT2D eigenvalue weighted by molar-refractivity contribution is 0.167. The molecule has 1 aromatic rings. The number of hydrogen-bond acceptors (Lipinski definition) is 2. The van der Waals surface area contributed by atoms with Gasteiger partial charge in [0.1, 0.15) is 0 Å². The Hall–Kier alpha value is -0.570. The second kappa shape index (κ2) is 6.55. The van der Waals surface area contributed by atoms with Gasteiger partial charge in [0, 0.05) is 18.1 Å². The minimum atomic E-state index is 0.796. The molecule has 3 heteroatoms. The van der Waals surface area contributed by atoms with Crippen molar-refractivity contribution in [2.45, 2.75) is 26.3 Å². The van der Waals surface area contributed by atoms with Gasteiger partial charge in [-0.1, -0.05) is 23.7 Å². The Morgan fingerprint density at radius 3 is 3.00 bits per heavy atom. The topological polar surface area (TPSA) is 15.3 Å². The molecule has 0 spiro atoms. The maximum Gasteiger partial charge on any atom is 0.0438 e. The van der Waals surface area contributed by atoms with Crippen molar-refractivity contribution in [3.05, 3.63) is 34.3 Å². The summed E-state index contributed by atoms with van der Waals surface area (Å²) in [5.74, 6) is 0.796. The number of nitrogens with one attached hydrogen (secondary N) is 1. The number of hydrogen-bond donors (Lipinski definition) is 1. The van der Waals surface area contributed by atoms with Crippen LogP contribution in [0.1, 0.15) is 24.0 Å². The molecule has 1 N–H and O–H groups in total. The van der Waals surface area contributed by atoms with E-state index in [4.69, 9.17) is 11.6 Å². The molecule has 1 aliphatic rings. The zero-order valence-corrected chi connectivity index (χ0v) is 12.1. The summed E-state index contributed by atoms with van der Waals surface area (Å²) in [4.78, 5) is 2.55. The molecule has 1 atom stereocenters. The summed E-state index contributed by atoms with van der Waals surface area (Å²) in [6.45, 7) is 6.62. The van der Waals surface area contributed by atoms with Gasteiger partial charge >= 0.3 is 0 Å². The number of nitrogens with zero attached hydrogens (tertiary/aromatic N) is 1. The molecule has 1 heterocycles. The van der Waals surface area contributed by atoms with E-state index in [1.807, 2.05) is 7.05 Å². The third-order valence-electron chi connectivity index (χ3n) is 3.74. The number of piperidine rings is 1. The number of benzene rings is 1. The molecule has 1 saturated heterocycles. The smallest absolute Gasteiger partial charge is 0.0438 e. The molecule has 0 saturated carbocycles. The van der Waals surface area contributed by atoms with Crippen molar-refractivity contribution in [2.75, 3.05) is 26.7 Å². The summed E-state index contributed by atoms with van der Waals surface area (Å²) in [5, 5.41) is 4.18. The Morgan fingerprint density at radius 2 is 2.28 bits per heavy atom. The van der Waals surface area contributed by atoms with Crippen molar-refractivity contribution in [3.8, 4) is 0 Å². The molecule has 0 amide bonds. The molecule has 1 aromatic carbocycles. The van der Waals surface area contributed by atoms with Crippen LogP contribution in [0.3, 0.4) is 0 Å². The normalized spacial score (nSPS) is 21.2. The predicted octanol–water partition coefficient (Wildman–Crippen LogP) is 3.08. The molecule has 1 aliphatic heterocycles. The van der Waals surface area contributed by atoms with Crippen molar-refractivity contribution in [2.24, 2.45) is 5.92 Å². The second-order valence-electron chi connectivity index (χ2n) is 5.38. The van der Waals surface area contributed by atoms with Crippen LogP contribution in [-0.4, -0.2) is 31.6 Å². The molecular formula is C15H23ClN2. The summed E-state index contributed by atoms with van der Waals surface area (Å²) >= 11 is 6.18. The van der Waals surface area contributed by atoms with Gasteiger partial charge in [0.15, 0.2) is 0 Å². The number of halogens is 1. The van der Waals surface area contributed by atoms with Crippen LogP contribution in [-0.2, 0) is 6.54 Å². The van der Waals surface area contributed by atoms with Crippen LogP contribution in [0.2, 0.25) is 5.02 Å². The monoisotopic (exact) mass is 266 g/mol. The summed E-state index contributed by atoms with van der Waals surface area (Å²) in [5.41, 5.74) is 2.49. The first-order valence-corrected chi connectivity index (χ1v) is 7.19. The fourth-order valence-electron chi connectivity index (χ4n) is 2.74. The number of likely N-dealkylation sites (tertiary alicyclic amines) is 1. The van der Waals surface area contributed by atoms with Gasteiger partial charge in [0.25, 0.3) is 0 Å². The average molecular weight is 267 g/mol. The maximum atomic E-state index is 6.18. The first-order valence-electron chi connectivity index (χ1n) is 6.81. The lowest BCUT2D eigenvalue weighted by atomic mass is 9.97. The van der Waals surface area contributed by atoms with Crippen molar-refractivity contribution >= 4 is 11.6 Å². The number of rotatable bonds is 4. The van der Waals surface area contributed by atoms with E-state index in [9.17, 15) is 0 Å². The van der Waals surface area contributed by atoms with E-state index in [0.717, 1.165) is 29.6 Å². The van der Waals surface area contributed by atoms with Crippen LogP contribution in [0.4, 0.5) is 0 Å². The SMILES string of the molecule is CNCC1CCCN(Cc2ccc(C)c(Cl)c2)C1. The van der Waals surface area contributed by atoms with Crippen molar-refractivity contribution in [3.63, 3.8) is 0 Å². The molecule has 2 rings (SSSR count). The Balaban J connectivity index is 1.93. The van der Waals surface area contributed by atoms with Crippen molar-refractivity contribution in [1.82, 2.24) is 10.2 Å². The minimum Gasteiger partial charge on any atom is -0.319 e. The Kier molecular flexibility index (Phi) is 5.04. The van der Waals surface area contributed by atoms with Crippen molar-refractivity contribution < 1.29 is 0 Å². The fourth-order valence-corrected chi connectivity index (χ4v) is 2.95. The van der Waals surface area contributed by atoms with Gasteiger partial charge in [-0.25, -0.2) is 0 Å². The van der Waals surface area contributed by atoms with Gasteiger partial charge in [-0.2, -0.15) is 0 Å². The quantitative estimate of drug-likeness (QED) is 0.901. The van der Waals surface area contributed by atoms with Crippen molar-refractivity contribution in [1.29, 1.82) is 0 Å². The first-order chi connectivity index (χ1) is 8.69. The highest BCUT2D eigenvalue weighted by atomic mass is 35.5. The van der Waals surface area contributed by atoms with Crippen LogP contribution in [0, 0.1) is 12.8 Å². The van der Waals surface area contributed by atoms with E-state index in [2.05, 4.69) is 35.3 Å². The summed E-state index contributed by atoms with van der Waals surface area (Å²) in [6.07, 6.45) is 2.66. The van der Waals surface area contributed by atoms with Gasteiger partial charge in [0.05, 0.1) is 0 Å². The van der Waals surface area contributed by atoms with Gasteiger partial charge < -0.3 is 5.32 Å². The third kappa shape index (κ3) is 3.71. The van der Waals surface area contributed by atoms with Crippen LogP contribution >= 0.6 is 11.6 Å². The molecule has 0 bridgehead atoms. The minimum absolute atomic E-state index is 0.796. The molecule has 1 fully saturated rings. The summed E-state index contributed by atoms with van der Waals surface area (Å²) in [7, 11) is 2.04. The number of aryl methyl sites for hydroxylation is 1. The van der Waals surface area contributed by atoms with E-state index in [0.29, 0.717) is 0 Å². The Labute approximate surface area is 115 Å². The first kappa shape index (κ1) is 13.9. The van der Waals surface area contributed by atoms with Gasteiger partial charge in [0.2, 0.25) is 0 Å². The highest BCUT2D eigenvalue weighted by molar-refractivity contribution is 6.31. The van der Waals surface area contributed by atoms with Crippen LogP contribution in [0.15, 0.2) is 18.2 Å². The van der Waals surface area contributed by atoms with Crippen LogP contribution in [0.5, 0.6) is 0 Å². The standard InChI is InChI=1S/C15H23ClN2/c1-12-5-6-13(8-15(12)16)10-18-7-3-4-14(11-18)9-17-2/h5-6,8,14,17H,3-4,7,9-11H2,1-2H3. The molecule has 18 heavy (non-hydrogen) atoms. The molecule has 0 radical (unpaired) electrons. The molecule has 2 nitrogen and oxygen atoms in total. The van der Waals surface area contributed by atoms with E-state index in [1.165, 1.54) is 31.5 Å². The Bertz CT molecular complexity index is 390. The zero-order valence-electron chi connectivity index (χ0n) is 11.4. The fraction of sp³-hybridized carbons (Fsp3) is 0.600. The summed E-state index contributed by atoms with van der Waals surface area (Å²) < 4.78 is 0. The van der Waals surface area contributed by atoms with Gasteiger partial charge in [-0.3, -0.25) is 4.90 Å². The molecule has 0 aromatic heterocycles. The highest BCUT2D eigenvalue weighted by Gasteiger charge is 2.19. The predicted molar refractivity (Wildman–Crippen MR) is 78.1 cm³/mol. The van der Waals surface area contributed by atoms with Crippen LogP contribution in [0.25, 0.3) is 0 Å². The second-order valence-corrected chi connectivity index (χ2v) is 5.79. The van der Waals surface area contributed by atoms with Gasteiger partial charge in [-0.15, -0.1) is 0 Å². The lowest BCUT2D eigenvalue weighted by Crippen LogP contribution is -2.38. The molecule has 1 unspecified atom stereocenters. The van der Waals surface area contributed by atoms with E-state index in [1.54, 1.807) is 0 Å². The maximum absolute atomic E-state index is 6.18. The third-order valence-corrected chi connectivity index (χ3v) is 4.15. The average Bonchev–Trinajstić information content (AvgIpc) is 2.35. The zero-order chi connectivity index (χ0) is 13.0. The largest absolute Gasteiger partial charge is 0.319 e. The van der Waals surface area contributed by atoms with E-state index >= 15 is 0 Å². The molecule has 0 aliphatic carbocycles. The van der Waals surface area contributed by atoms with Gasteiger partial charge in [-0.05, 0) is 63.0 Å². The lowest BCUT2D eigenvalue weighted by Gasteiger charge is -2.32. The van der Waals surface area contributed by atoms with Crippen LogP contribution < -0.4 is 5.32 Å². The molecular weight excluding hydrogens is 244 g/mol. The van der Waals surface area contributed by atoms with E-state index < -0.39 is 0 Å². The Morgan fingerprint density at radius 1 is 1.44 bits per heavy atom.